The first-order valence-corrected chi connectivity index (χ1v) is 5.61. The van der Waals surface area contributed by atoms with Crippen molar-refractivity contribution in [1.29, 1.82) is 0 Å². The van der Waals surface area contributed by atoms with E-state index in [0.717, 1.165) is 12.8 Å². The van der Waals surface area contributed by atoms with Crippen LogP contribution >= 0.6 is 0 Å². The van der Waals surface area contributed by atoms with Gasteiger partial charge < -0.3 is 0 Å². The Morgan fingerprint density at radius 2 is 1.69 bits per heavy atom. The molecule has 0 radical (unpaired) electrons. The molecule has 1 aliphatic carbocycles. The van der Waals surface area contributed by atoms with Gasteiger partial charge in [-0.25, -0.2) is 0 Å². The zero-order chi connectivity index (χ0) is 11.2. The third-order valence-electron chi connectivity index (χ3n) is 3.74. The predicted octanol–water partition coefficient (Wildman–Crippen LogP) is 1.21. The minimum Gasteiger partial charge on any atom is -0.296 e. The highest BCUT2D eigenvalue weighted by Gasteiger charge is 2.46. The quantitative estimate of drug-likeness (QED) is 0.661. The van der Waals surface area contributed by atoms with Gasteiger partial charge in [0.1, 0.15) is 0 Å². The summed E-state index contributed by atoms with van der Waals surface area (Å²) < 4.78 is 0. The second-order valence-electron chi connectivity index (χ2n) is 4.78. The van der Waals surface area contributed by atoms with Gasteiger partial charge in [-0.1, -0.05) is 24.3 Å². The summed E-state index contributed by atoms with van der Waals surface area (Å²) in [5.41, 5.74) is 2.16. The molecule has 0 unspecified atom stereocenters. The van der Waals surface area contributed by atoms with E-state index in [1.807, 2.05) is 12.1 Å². The van der Waals surface area contributed by atoms with E-state index in [1.54, 1.807) is 0 Å². The molecule has 16 heavy (non-hydrogen) atoms. The molecule has 0 atom stereocenters. The first-order chi connectivity index (χ1) is 7.70. The summed E-state index contributed by atoms with van der Waals surface area (Å²) in [6.45, 7) is 0. The number of rotatable bonds is 0. The summed E-state index contributed by atoms with van der Waals surface area (Å²) in [4.78, 5) is 23.1. The fraction of sp³-hybridized carbons (Fsp3) is 0.385. The molecule has 3 heteroatoms. The molecular weight excluding hydrogens is 202 g/mol. The lowest BCUT2D eigenvalue weighted by molar-refractivity contribution is -0.141. The van der Waals surface area contributed by atoms with Gasteiger partial charge in [-0.05, 0) is 30.4 Å². The van der Waals surface area contributed by atoms with E-state index >= 15 is 0 Å². The van der Waals surface area contributed by atoms with Crippen LogP contribution in [0.25, 0.3) is 0 Å². The first kappa shape index (κ1) is 9.58. The van der Waals surface area contributed by atoms with E-state index in [-0.39, 0.29) is 17.2 Å². The Kier molecular flexibility index (Phi) is 1.90. The fourth-order valence-corrected chi connectivity index (χ4v) is 2.82. The summed E-state index contributed by atoms with van der Waals surface area (Å²) in [5.74, 6) is -0.216. The molecule has 1 heterocycles. The monoisotopic (exact) mass is 215 g/mol. The number of benzene rings is 1. The van der Waals surface area contributed by atoms with E-state index in [1.165, 1.54) is 11.1 Å². The third kappa shape index (κ3) is 1.28. The van der Waals surface area contributed by atoms with Gasteiger partial charge in [-0.15, -0.1) is 0 Å². The zero-order valence-electron chi connectivity index (χ0n) is 8.95. The third-order valence-corrected chi connectivity index (χ3v) is 3.74. The highest BCUT2D eigenvalue weighted by Crippen LogP contribution is 2.42. The Morgan fingerprint density at radius 3 is 2.25 bits per heavy atom. The average molecular weight is 215 g/mol. The summed E-state index contributed by atoms with van der Waals surface area (Å²) in [5, 5.41) is 2.47. The van der Waals surface area contributed by atoms with Gasteiger partial charge in [0.05, 0.1) is 5.41 Å². The average Bonchev–Trinajstić information content (AvgIpc) is 2.64. The maximum absolute atomic E-state index is 12.0. The maximum Gasteiger partial charge on any atom is 0.233 e. The van der Waals surface area contributed by atoms with Crippen molar-refractivity contribution in [1.82, 2.24) is 5.32 Å². The van der Waals surface area contributed by atoms with Crippen LogP contribution in [0.4, 0.5) is 0 Å². The van der Waals surface area contributed by atoms with Gasteiger partial charge in [-0.2, -0.15) is 0 Å². The van der Waals surface area contributed by atoms with Gasteiger partial charge >= 0.3 is 0 Å². The van der Waals surface area contributed by atoms with Crippen LogP contribution < -0.4 is 5.32 Å². The Balaban J connectivity index is 1.94. The number of nitrogens with one attached hydrogen (secondary N) is 1. The van der Waals surface area contributed by atoms with E-state index in [9.17, 15) is 9.59 Å². The Labute approximate surface area is 93.8 Å². The minimum absolute atomic E-state index is 0.0834. The van der Waals surface area contributed by atoms with Gasteiger partial charge in [-0.3, -0.25) is 14.9 Å². The second kappa shape index (κ2) is 3.17. The van der Waals surface area contributed by atoms with E-state index in [0.29, 0.717) is 12.8 Å². The molecule has 1 N–H and O–H groups in total. The largest absolute Gasteiger partial charge is 0.296 e. The molecule has 1 aromatic rings. The second-order valence-corrected chi connectivity index (χ2v) is 4.78. The van der Waals surface area contributed by atoms with Crippen molar-refractivity contribution in [3.63, 3.8) is 0 Å². The van der Waals surface area contributed by atoms with Crippen LogP contribution in [-0.2, 0) is 22.4 Å². The Bertz CT molecular complexity index is 454. The Hall–Kier alpha value is -1.64. The van der Waals surface area contributed by atoms with Crippen molar-refractivity contribution in [2.45, 2.75) is 25.7 Å². The Morgan fingerprint density at radius 1 is 1.06 bits per heavy atom. The van der Waals surface area contributed by atoms with E-state index in [4.69, 9.17) is 0 Å². The van der Waals surface area contributed by atoms with Crippen molar-refractivity contribution < 1.29 is 9.59 Å². The van der Waals surface area contributed by atoms with Gasteiger partial charge in [0.2, 0.25) is 11.8 Å². The molecule has 1 fully saturated rings. The van der Waals surface area contributed by atoms with Crippen molar-refractivity contribution >= 4 is 11.8 Å². The molecule has 1 saturated heterocycles. The van der Waals surface area contributed by atoms with Crippen LogP contribution in [0.5, 0.6) is 0 Å². The number of piperidine rings is 1. The summed E-state index contributed by atoms with van der Waals surface area (Å²) in [7, 11) is 0. The minimum atomic E-state index is -0.350. The molecular formula is C13H13NO2. The topological polar surface area (TPSA) is 46.2 Å². The molecule has 2 amide bonds. The lowest BCUT2D eigenvalue weighted by atomic mass is 9.77. The molecule has 3 nitrogen and oxygen atoms in total. The van der Waals surface area contributed by atoms with Crippen LogP contribution in [0.3, 0.4) is 0 Å². The number of imide groups is 1. The first-order valence-electron chi connectivity index (χ1n) is 5.61. The standard InChI is InChI=1S/C13H13NO2/c15-11-5-6-13(12(16)14-11)7-9-3-1-2-4-10(9)8-13/h1-4H,5-8H2,(H,14,15,16). The molecule has 0 saturated carbocycles. The molecule has 2 aliphatic rings. The number of fused-ring (bicyclic) bond motifs is 1. The molecule has 1 aromatic carbocycles. The number of amides is 2. The zero-order valence-corrected chi connectivity index (χ0v) is 8.95. The molecule has 1 aliphatic heterocycles. The SMILES string of the molecule is O=C1CCC2(Cc3ccccc3C2)C(=O)N1. The van der Waals surface area contributed by atoms with Crippen molar-refractivity contribution in [3.05, 3.63) is 35.4 Å². The van der Waals surface area contributed by atoms with Crippen LogP contribution in [0.15, 0.2) is 24.3 Å². The fourth-order valence-electron chi connectivity index (χ4n) is 2.82. The number of hydrogen-bond acceptors (Lipinski definition) is 2. The number of carbonyl (C=O) groups is 2. The molecule has 0 bridgehead atoms. The maximum atomic E-state index is 12.0. The van der Waals surface area contributed by atoms with Crippen molar-refractivity contribution in [3.8, 4) is 0 Å². The van der Waals surface area contributed by atoms with Crippen molar-refractivity contribution in [2.75, 3.05) is 0 Å². The molecule has 3 rings (SSSR count). The smallest absolute Gasteiger partial charge is 0.233 e. The number of carbonyl (C=O) groups excluding carboxylic acids is 2. The van der Waals surface area contributed by atoms with Crippen LogP contribution in [0, 0.1) is 5.41 Å². The molecule has 0 aromatic heterocycles. The van der Waals surface area contributed by atoms with Crippen LogP contribution in [-0.4, -0.2) is 11.8 Å². The van der Waals surface area contributed by atoms with Gasteiger partial charge in [0.25, 0.3) is 0 Å². The predicted molar refractivity (Wildman–Crippen MR) is 58.7 cm³/mol. The molecule has 1 spiro atoms. The summed E-state index contributed by atoms with van der Waals surface area (Å²) in [6.07, 6.45) is 2.72. The lowest BCUT2D eigenvalue weighted by Gasteiger charge is -2.30. The van der Waals surface area contributed by atoms with Gasteiger partial charge in [0, 0.05) is 6.42 Å². The molecule has 82 valence electrons. The summed E-state index contributed by atoms with van der Waals surface area (Å²) in [6, 6.07) is 8.16. The highest BCUT2D eigenvalue weighted by molar-refractivity contribution is 6.01. The normalized spacial score (nSPS) is 22.0. The highest BCUT2D eigenvalue weighted by atomic mass is 16.2. The summed E-state index contributed by atoms with van der Waals surface area (Å²) >= 11 is 0. The van der Waals surface area contributed by atoms with Crippen molar-refractivity contribution in [2.24, 2.45) is 5.41 Å². The van der Waals surface area contributed by atoms with E-state index < -0.39 is 0 Å². The van der Waals surface area contributed by atoms with E-state index in [2.05, 4.69) is 17.4 Å². The van der Waals surface area contributed by atoms with Gasteiger partial charge in [0.15, 0.2) is 0 Å². The lowest BCUT2D eigenvalue weighted by Crippen LogP contribution is -2.49. The van der Waals surface area contributed by atoms with Crippen LogP contribution in [0.1, 0.15) is 24.0 Å². The van der Waals surface area contributed by atoms with Crippen LogP contribution in [0.2, 0.25) is 0 Å². The number of hydrogen-bond donors (Lipinski definition) is 1.